The van der Waals surface area contributed by atoms with E-state index >= 15 is 0 Å². The molecule has 0 saturated carbocycles. The van der Waals surface area contributed by atoms with Gasteiger partial charge in [0.15, 0.2) is 5.65 Å². The first-order valence-corrected chi connectivity index (χ1v) is 7.58. The Labute approximate surface area is 137 Å². The zero-order valence-corrected chi connectivity index (χ0v) is 13.3. The van der Waals surface area contributed by atoms with Gasteiger partial charge in [-0.3, -0.25) is 0 Å². The molecule has 0 spiro atoms. The van der Waals surface area contributed by atoms with Gasteiger partial charge in [0.05, 0.1) is 24.0 Å². The van der Waals surface area contributed by atoms with E-state index in [-0.39, 0.29) is 6.54 Å². The third-order valence-electron chi connectivity index (χ3n) is 3.61. The lowest BCUT2D eigenvalue weighted by molar-refractivity contribution is 0.234. The molecule has 4 aromatic heterocycles. The lowest BCUT2D eigenvalue weighted by Crippen LogP contribution is -2.25. The monoisotopic (exact) mass is 325 g/mol. The minimum absolute atomic E-state index is 0.144. The van der Waals surface area contributed by atoms with Crippen molar-refractivity contribution >= 4 is 17.1 Å². The molecular formula is C16H16FN7. The SMILES string of the molecule is CC(C)(F)CNc1ncc2c(-c3ccc4nccn4n3)ccn2n1. The fourth-order valence-corrected chi connectivity index (χ4v) is 2.45. The third kappa shape index (κ3) is 2.66. The molecule has 0 aliphatic heterocycles. The van der Waals surface area contributed by atoms with Crippen LogP contribution in [-0.4, -0.2) is 41.4 Å². The lowest BCUT2D eigenvalue weighted by Gasteiger charge is -2.14. The molecule has 0 aliphatic carbocycles. The summed E-state index contributed by atoms with van der Waals surface area (Å²) in [6.07, 6.45) is 7.04. The van der Waals surface area contributed by atoms with Gasteiger partial charge in [-0.1, -0.05) is 0 Å². The van der Waals surface area contributed by atoms with Crippen molar-refractivity contribution < 1.29 is 4.39 Å². The Balaban J connectivity index is 1.69. The molecule has 24 heavy (non-hydrogen) atoms. The van der Waals surface area contributed by atoms with Crippen LogP contribution in [-0.2, 0) is 0 Å². The molecule has 0 radical (unpaired) electrons. The van der Waals surface area contributed by atoms with E-state index in [1.54, 1.807) is 27.6 Å². The summed E-state index contributed by atoms with van der Waals surface area (Å²) in [5, 5.41) is 11.8. The van der Waals surface area contributed by atoms with E-state index < -0.39 is 5.67 Å². The van der Waals surface area contributed by atoms with Crippen LogP contribution in [0.25, 0.3) is 22.4 Å². The lowest BCUT2D eigenvalue weighted by atomic mass is 10.2. The molecule has 8 heteroatoms. The van der Waals surface area contributed by atoms with Crippen LogP contribution in [0.3, 0.4) is 0 Å². The second-order valence-corrected chi connectivity index (χ2v) is 6.16. The molecular weight excluding hydrogens is 309 g/mol. The fraction of sp³-hybridized carbons (Fsp3) is 0.250. The Morgan fingerprint density at radius 1 is 1.08 bits per heavy atom. The Morgan fingerprint density at radius 3 is 2.79 bits per heavy atom. The average Bonchev–Trinajstić information content (AvgIpc) is 3.17. The summed E-state index contributed by atoms with van der Waals surface area (Å²) < 4.78 is 17.0. The quantitative estimate of drug-likeness (QED) is 0.624. The van der Waals surface area contributed by atoms with Gasteiger partial charge in [-0.25, -0.2) is 23.4 Å². The zero-order valence-electron chi connectivity index (χ0n) is 13.3. The summed E-state index contributed by atoms with van der Waals surface area (Å²) in [7, 11) is 0. The van der Waals surface area contributed by atoms with E-state index in [1.807, 2.05) is 24.4 Å². The zero-order chi connectivity index (χ0) is 16.7. The standard InChI is InChI=1S/C16H16FN7/c1-16(2,17)10-20-15-19-9-13-11(5-7-23(13)22-15)12-3-4-14-18-6-8-24(14)21-12/h3-9H,10H2,1-2H3,(H,20,22). The number of halogens is 1. The van der Waals surface area contributed by atoms with Crippen LogP contribution in [0.2, 0.25) is 0 Å². The normalized spacial score (nSPS) is 12.1. The number of hydrogen-bond donors (Lipinski definition) is 1. The first kappa shape index (κ1) is 14.6. The van der Waals surface area contributed by atoms with Crippen LogP contribution in [0.15, 0.2) is 43.0 Å². The third-order valence-corrected chi connectivity index (χ3v) is 3.61. The van der Waals surface area contributed by atoms with Crippen LogP contribution in [0.4, 0.5) is 10.3 Å². The van der Waals surface area contributed by atoms with Gasteiger partial charge < -0.3 is 5.32 Å². The maximum Gasteiger partial charge on any atom is 0.241 e. The number of imidazole rings is 1. The Bertz CT molecular complexity index is 1010. The van der Waals surface area contributed by atoms with Crippen molar-refractivity contribution in [1.82, 2.24) is 29.2 Å². The van der Waals surface area contributed by atoms with Crippen LogP contribution in [0.1, 0.15) is 13.8 Å². The van der Waals surface area contributed by atoms with Crippen molar-refractivity contribution in [1.29, 1.82) is 0 Å². The topological polar surface area (TPSA) is 72.4 Å². The van der Waals surface area contributed by atoms with Gasteiger partial charge in [0.2, 0.25) is 5.95 Å². The smallest absolute Gasteiger partial charge is 0.241 e. The molecule has 4 rings (SSSR count). The van der Waals surface area contributed by atoms with Crippen LogP contribution < -0.4 is 5.32 Å². The molecule has 0 aromatic carbocycles. The van der Waals surface area contributed by atoms with Crippen molar-refractivity contribution in [3.05, 3.63) is 43.0 Å². The number of alkyl halides is 1. The molecule has 122 valence electrons. The molecule has 0 unspecified atom stereocenters. The second-order valence-electron chi connectivity index (χ2n) is 6.16. The summed E-state index contributed by atoms with van der Waals surface area (Å²) in [6.45, 7) is 3.15. The maximum absolute atomic E-state index is 13.6. The van der Waals surface area contributed by atoms with Gasteiger partial charge >= 0.3 is 0 Å². The Hall–Kier alpha value is -3.03. The number of fused-ring (bicyclic) bond motifs is 2. The Morgan fingerprint density at radius 2 is 1.96 bits per heavy atom. The van der Waals surface area contributed by atoms with Crippen molar-refractivity contribution in [3.63, 3.8) is 0 Å². The van der Waals surface area contributed by atoms with Gasteiger partial charge in [0.1, 0.15) is 5.67 Å². The molecule has 0 aliphatic rings. The van der Waals surface area contributed by atoms with Gasteiger partial charge in [0.25, 0.3) is 0 Å². The summed E-state index contributed by atoms with van der Waals surface area (Å²) in [4.78, 5) is 8.45. The van der Waals surface area contributed by atoms with E-state index in [9.17, 15) is 4.39 Å². The first-order valence-electron chi connectivity index (χ1n) is 7.58. The number of anilines is 1. The largest absolute Gasteiger partial charge is 0.350 e. The molecule has 4 heterocycles. The number of nitrogens with zero attached hydrogens (tertiary/aromatic N) is 6. The average molecular weight is 325 g/mol. The van der Waals surface area contributed by atoms with Crippen molar-refractivity contribution in [2.24, 2.45) is 0 Å². The highest BCUT2D eigenvalue weighted by Crippen LogP contribution is 2.23. The van der Waals surface area contributed by atoms with E-state index in [0.717, 1.165) is 22.4 Å². The highest BCUT2D eigenvalue weighted by atomic mass is 19.1. The molecule has 0 saturated heterocycles. The fourth-order valence-electron chi connectivity index (χ4n) is 2.45. The van der Waals surface area contributed by atoms with E-state index in [0.29, 0.717) is 5.95 Å². The van der Waals surface area contributed by atoms with E-state index in [1.165, 1.54) is 13.8 Å². The number of nitrogens with one attached hydrogen (secondary N) is 1. The highest BCUT2D eigenvalue weighted by molar-refractivity contribution is 5.78. The molecule has 1 N–H and O–H groups in total. The summed E-state index contributed by atoms with van der Waals surface area (Å²) in [5.41, 5.74) is 2.01. The summed E-state index contributed by atoms with van der Waals surface area (Å²) >= 11 is 0. The number of hydrogen-bond acceptors (Lipinski definition) is 5. The van der Waals surface area contributed by atoms with Crippen LogP contribution in [0, 0.1) is 0 Å². The maximum atomic E-state index is 13.6. The molecule has 4 aromatic rings. The molecule has 0 atom stereocenters. The van der Waals surface area contributed by atoms with Crippen molar-refractivity contribution in [3.8, 4) is 11.3 Å². The molecule has 7 nitrogen and oxygen atoms in total. The van der Waals surface area contributed by atoms with Gasteiger partial charge in [-0.2, -0.15) is 5.10 Å². The Kier molecular flexibility index (Phi) is 3.19. The number of aromatic nitrogens is 6. The minimum atomic E-state index is -1.33. The minimum Gasteiger partial charge on any atom is -0.350 e. The van der Waals surface area contributed by atoms with Gasteiger partial charge in [-0.05, 0) is 32.0 Å². The molecule has 0 fully saturated rings. The second kappa shape index (κ2) is 5.26. The van der Waals surface area contributed by atoms with E-state index in [2.05, 4.69) is 25.5 Å². The number of rotatable bonds is 4. The van der Waals surface area contributed by atoms with Gasteiger partial charge in [0, 0.05) is 24.2 Å². The molecule has 0 amide bonds. The summed E-state index contributed by atoms with van der Waals surface area (Å²) in [6, 6.07) is 5.75. The predicted molar refractivity (Wildman–Crippen MR) is 88.6 cm³/mol. The highest BCUT2D eigenvalue weighted by Gasteiger charge is 2.16. The first-order chi connectivity index (χ1) is 11.5. The van der Waals surface area contributed by atoms with Gasteiger partial charge in [-0.15, -0.1) is 5.10 Å². The summed E-state index contributed by atoms with van der Waals surface area (Å²) in [5.74, 6) is 0.383. The predicted octanol–water partition coefficient (Wildman–Crippen LogP) is 2.60. The van der Waals surface area contributed by atoms with E-state index in [4.69, 9.17) is 0 Å². The van der Waals surface area contributed by atoms with Crippen LogP contribution in [0.5, 0.6) is 0 Å². The van der Waals surface area contributed by atoms with Crippen LogP contribution >= 0.6 is 0 Å². The van der Waals surface area contributed by atoms with Crippen molar-refractivity contribution in [2.45, 2.75) is 19.5 Å². The molecule has 0 bridgehead atoms. The van der Waals surface area contributed by atoms with Crippen molar-refractivity contribution in [2.75, 3.05) is 11.9 Å².